The van der Waals surface area contributed by atoms with Crippen molar-refractivity contribution in [3.63, 3.8) is 0 Å². The van der Waals surface area contributed by atoms with Crippen molar-refractivity contribution < 1.29 is 10.0 Å². The highest BCUT2D eigenvalue weighted by molar-refractivity contribution is 6.62. The van der Waals surface area contributed by atoms with Crippen molar-refractivity contribution in [1.82, 2.24) is 4.57 Å². The summed E-state index contributed by atoms with van der Waals surface area (Å²) in [6, 6.07) is 35.6. The van der Waals surface area contributed by atoms with Gasteiger partial charge < -0.3 is 14.6 Å². The fourth-order valence-electron chi connectivity index (χ4n) is 5.87. The molecular formula is C35H26BNO2. The smallest absolute Gasteiger partial charge is 0.423 e. The molecule has 0 saturated carbocycles. The summed E-state index contributed by atoms with van der Waals surface area (Å²) in [4.78, 5) is 0. The Kier molecular flexibility index (Phi) is 5.77. The van der Waals surface area contributed by atoms with Gasteiger partial charge >= 0.3 is 7.12 Å². The summed E-state index contributed by atoms with van der Waals surface area (Å²) in [6.07, 6.45) is 11.5. The van der Waals surface area contributed by atoms with Crippen LogP contribution in [0.1, 0.15) is 6.42 Å². The zero-order chi connectivity index (χ0) is 26.3. The summed E-state index contributed by atoms with van der Waals surface area (Å²) < 4.78 is 2.37. The lowest BCUT2D eigenvalue weighted by atomic mass is 9.75. The number of fused-ring (bicyclic) bond motifs is 4. The molecule has 1 aromatic heterocycles. The van der Waals surface area contributed by atoms with Crippen LogP contribution in [0.3, 0.4) is 0 Å². The van der Waals surface area contributed by atoms with Crippen LogP contribution in [0.25, 0.3) is 60.5 Å². The van der Waals surface area contributed by atoms with Gasteiger partial charge in [0, 0.05) is 22.9 Å². The van der Waals surface area contributed by atoms with Gasteiger partial charge in [0.15, 0.2) is 0 Å². The van der Waals surface area contributed by atoms with E-state index in [1.807, 2.05) is 30.3 Å². The van der Waals surface area contributed by atoms with Crippen LogP contribution >= 0.6 is 0 Å². The average molecular weight is 503 g/mol. The summed E-state index contributed by atoms with van der Waals surface area (Å²) >= 11 is 0. The third kappa shape index (κ3) is 4.02. The van der Waals surface area contributed by atoms with E-state index in [0.717, 1.165) is 39.2 Å². The predicted octanol–water partition coefficient (Wildman–Crippen LogP) is 7.32. The molecule has 0 fully saturated rings. The normalized spacial score (nSPS) is 13.2. The van der Waals surface area contributed by atoms with Crippen LogP contribution < -0.4 is 5.46 Å². The summed E-state index contributed by atoms with van der Waals surface area (Å²) in [5.41, 5.74) is 8.44. The van der Waals surface area contributed by atoms with E-state index < -0.39 is 7.12 Å². The molecule has 0 unspecified atom stereocenters. The SMILES string of the molecule is OB(O)c1cccc2cccc(-c3ccc4c(c3)c3cc(-c5ccccc5)ccc3n4C3=CC=CC=CC3)c12. The topological polar surface area (TPSA) is 45.4 Å². The Bertz CT molecular complexity index is 1960. The first-order chi connectivity index (χ1) is 19.2. The fraction of sp³-hybridized carbons (Fsp3) is 0.0286. The van der Waals surface area contributed by atoms with Gasteiger partial charge in [0.2, 0.25) is 0 Å². The third-order valence-corrected chi connectivity index (χ3v) is 7.66. The number of rotatable bonds is 4. The standard InChI is InChI=1S/C35H26BNO2/c38-36(39)32-17-9-13-25-12-8-16-29(35(25)32)27-19-21-34-31(23-27)30-22-26(24-10-4-3-5-11-24)18-20-33(30)37(34)28-14-6-1-2-7-15-28/h1-14,16-23,38-39H,15H2. The zero-order valence-corrected chi connectivity index (χ0v) is 21.3. The van der Waals surface area contributed by atoms with Crippen LogP contribution in [0.15, 0.2) is 134 Å². The van der Waals surface area contributed by atoms with Crippen LogP contribution in [0.5, 0.6) is 0 Å². The molecule has 7 rings (SSSR count). The summed E-state index contributed by atoms with van der Waals surface area (Å²) in [5, 5.41) is 24.5. The van der Waals surface area contributed by atoms with Gasteiger partial charge in [0.05, 0.1) is 11.0 Å². The second-order valence-corrected chi connectivity index (χ2v) is 9.97. The lowest BCUT2D eigenvalue weighted by Crippen LogP contribution is -2.30. The van der Waals surface area contributed by atoms with Gasteiger partial charge in [-0.3, -0.25) is 0 Å². The van der Waals surface area contributed by atoms with Crippen LogP contribution in [0, 0.1) is 0 Å². The third-order valence-electron chi connectivity index (χ3n) is 7.66. The summed E-state index contributed by atoms with van der Waals surface area (Å²) in [6.45, 7) is 0. The highest BCUT2D eigenvalue weighted by atomic mass is 16.4. The van der Waals surface area contributed by atoms with E-state index in [0.29, 0.717) is 5.46 Å². The van der Waals surface area contributed by atoms with E-state index in [2.05, 4.69) is 102 Å². The van der Waals surface area contributed by atoms with E-state index in [9.17, 15) is 10.0 Å². The first-order valence-corrected chi connectivity index (χ1v) is 13.2. The minimum atomic E-state index is -1.54. The molecule has 0 saturated heterocycles. The van der Waals surface area contributed by atoms with Crippen LogP contribution in [0.2, 0.25) is 0 Å². The number of benzene rings is 5. The molecule has 0 bridgehead atoms. The number of aromatic nitrogens is 1. The van der Waals surface area contributed by atoms with Gasteiger partial charge in [-0.15, -0.1) is 0 Å². The fourth-order valence-corrected chi connectivity index (χ4v) is 5.87. The molecule has 1 aliphatic carbocycles. The Morgan fingerprint density at radius 3 is 2.10 bits per heavy atom. The average Bonchev–Trinajstić information content (AvgIpc) is 3.10. The molecule has 0 aliphatic heterocycles. The molecule has 186 valence electrons. The Balaban J connectivity index is 1.53. The quantitative estimate of drug-likeness (QED) is 0.248. The molecule has 1 aliphatic rings. The van der Waals surface area contributed by atoms with Crippen LogP contribution in [0.4, 0.5) is 0 Å². The molecule has 39 heavy (non-hydrogen) atoms. The van der Waals surface area contributed by atoms with Crippen molar-refractivity contribution in [2.24, 2.45) is 0 Å². The molecule has 3 nitrogen and oxygen atoms in total. The van der Waals surface area contributed by atoms with Crippen molar-refractivity contribution in [3.8, 4) is 22.3 Å². The maximum Gasteiger partial charge on any atom is 0.489 e. The number of hydrogen-bond acceptors (Lipinski definition) is 2. The van der Waals surface area contributed by atoms with Crippen molar-refractivity contribution in [3.05, 3.63) is 134 Å². The van der Waals surface area contributed by atoms with Crippen molar-refractivity contribution in [2.75, 3.05) is 0 Å². The van der Waals surface area contributed by atoms with Crippen LogP contribution in [-0.4, -0.2) is 21.7 Å². The number of nitrogens with zero attached hydrogens (tertiary/aromatic N) is 1. The van der Waals surface area contributed by atoms with Gasteiger partial charge in [0.25, 0.3) is 0 Å². The number of allylic oxidation sites excluding steroid dienone is 6. The highest BCUT2D eigenvalue weighted by Crippen LogP contribution is 2.38. The molecule has 0 amide bonds. The van der Waals surface area contributed by atoms with Gasteiger partial charge in [-0.25, -0.2) is 0 Å². The van der Waals surface area contributed by atoms with Gasteiger partial charge in [-0.2, -0.15) is 0 Å². The minimum absolute atomic E-state index is 0.513. The monoisotopic (exact) mass is 503 g/mol. The Morgan fingerprint density at radius 1 is 0.615 bits per heavy atom. The van der Waals surface area contributed by atoms with Gasteiger partial charge in [0.1, 0.15) is 0 Å². The molecule has 6 aromatic rings. The van der Waals surface area contributed by atoms with E-state index >= 15 is 0 Å². The maximum absolute atomic E-state index is 10.2. The lowest BCUT2D eigenvalue weighted by molar-refractivity contribution is 0.426. The second kappa shape index (κ2) is 9.59. The molecule has 0 radical (unpaired) electrons. The minimum Gasteiger partial charge on any atom is -0.423 e. The Morgan fingerprint density at radius 2 is 1.33 bits per heavy atom. The largest absolute Gasteiger partial charge is 0.489 e. The van der Waals surface area contributed by atoms with Crippen LogP contribution in [-0.2, 0) is 0 Å². The van der Waals surface area contributed by atoms with Crippen molar-refractivity contribution in [2.45, 2.75) is 6.42 Å². The molecule has 0 atom stereocenters. The summed E-state index contributed by atoms with van der Waals surface area (Å²) in [7, 11) is -1.54. The molecule has 4 heteroatoms. The van der Waals surface area contributed by atoms with Gasteiger partial charge in [-0.1, -0.05) is 103 Å². The van der Waals surface area contributed by atoms with E-state index in [1.165, 1.54) is 27.7 Å². The van der Waals surface area contributed by atoms with Gasteiger partial charge in [-0.05, 0) is 68.8 Å². The highest BCUT2D eigenvalue weighted by Gasteiger charge is 2.19. The second-order valence-electron chi connectivity index (χ2n) is 9.97. The molecule has 2 N–H and O–H groups in total. The Hall–Kier alpha value is -4.64. The molecule has 0 spiro atoms. The Labute approximate surface area is 227 Å². The van der Waals surface area contributed by atoms with Crippen molar-refractivity contribution in [1.29, 1.82) is 0 Å². The summed E-state index contributed by atoms with van der Waals surface area (Å²) in [5.74, 6) is 0. The maximum atomic E-state index is 10.2. The molecule has 5 aromatic carbocycles. The number of hydrogen-bond donors (Lipinski definition) is 2. The predicted molar refractivity (Wildman–Crippen MR) is 165 cm³/mol. The zero-order valence-electron chi connectivity index (χ0n) is 21.3. The van der Waals surface area contributed by atoms with Crippen molar-refractivity contribution >= 4 is 50.9 Å². The first kappa shape index (κ1) is 23.5. The molecular weight excluding hydrogens is 477 g/mol. The van der Waals surface area contributed by atoms with E-state index in [4.69, 9.17) is 0 Å². The molecule has 1 heterocycles. The lowest BCUT2D eigenvalue weighted by Gasteiger charge is -2.13. The first-order valence-electron chi connectivity index (χ1n) is 13.2. The van der Waals surface area contributed by atoms with E-state index in [1.54, 1.807) is 6.07 Å². The van der Waals surface area contributed by atoms with E-state index in [-0.39, 0.29) is 0 Å².